The molecule has 3 aromatic rings. The molecule has 0 bridgehead atoms. The van der Waals surface area contributed by atoms with Crippen LogP contribution in [0.2, 0.25) is 0 Å². The summed E-state index contributed by atoms with van der Waals surface area (Å²) in [4.78, 5) is 29.5. The number of alkyl halides is 1. The van der Waals surface area contributed by atoms with Crippen LogP contribution in [0.3, 0.4) is 0 Å². The van der Waals surface area contributed by atoms with Gasteiger partial charge in [-0.3, -0.25) is 4.79 Å². The number of hydrogen-bond acceptors (Lipinski definition) is 7. The molecule has 10 heteroatoms. The lowest BCUT2D eigenvalue weighted by atomic mass is 10.0. The van der Waals surface area contributed by atoms with Crippen LogP contribution < -0.4 is 10.2 Å². The molecule has 1 fully saturated rings. The van der Waals surface area contributed by atoms with E-state index < -0.39 is 5.67 Å². The van der Waals surface area contributed by atoms with Gasteiger partial charge in [-0.1, -0.05) is 6.92 Å². The van der Waals surface area contributed by atoms with Crippen LogP contribution >= 0.6 is 0 Å². The highest BCUT2D eigenvalue weighted by Crippen LogP contribution is 2.35. The number of aromatic nitrogens is 5. The first-order valence-electron chi connectivity index (χ1n) is 11.6. The van der Waals surface area contributed by atoms with Crippen LogP contribution in [0, 0.1) is 0 Å². The van der Waals surface area contributed by atoms with Crippen molar-refractivity contribution in [1.82, 2.24) is 29.6 Å². The third-order valence-electron chi connectivity index (χ3n) is 6.56. The number of likely N-dealkylation sites (N-methyl/N-ethyl adjacent to an activating group) is 1. The Labute approximate surface area is 199 Å². The Kier molecular flexibility index (Phi) is 6.05. The molecule has 1 aliphatic heterocycles. The lowest BCUT2D eigenvalue weighted by Crippen LogP contribution is -2.43. The van der Waals surface area contributed by atoms with Crippen molar-refractivity contribution < 1.29 is 9.18 Å². The molecule has 0 saturated carbocycles. The number of carbonyl (C=O) groups is 1. The number of nitrogens with one attached hydrogen (secondary N) is 1. The van der Waals surface area contributed by atoms with E-state index in [-0.39, 0.29) is 17.3 Å². The Morgan fingerprint density at radius 2 is 2.03 bits per heavy atom. The van der Waals surface area contributed by atoms with Gasteiger partial charge in [0.2, 0.25) is 5.91 Å². The number of halogens is 1. The van der Waals surface area contributed by atoms with E-state index in [1.807, 2.05) is 13.0 Å². The first kappa shape index (κ1) is 24.0. The van der Waals surface area contributed by atoms with Crippen molar-refractivity contribution >= 4 is 28.4 Å². The molecule has 3 aromatic heterocycles. The van der Waals surface area contributed by atoms with Gasteiger partial charge in [-0.25, -0.2) is 24.0 Å². The number of aryl methyl sites for hydroxylation is 1. The van der Waals surface area contributed by atoms with Gasteiger partial charge in [0.05, 0.1) is 10.9 Å². The maximum absolute atomic E-state index is 14.8. The van der Waals surface area contributed by atoms with Crippen LogP contribution in [0.1, 0.15) is 52.6 Å². The SMILES string of the molecule is CCc1cc(-n2nc(N3CC[C@](C)(N(C)C)C3)c3cnc(NC(C)=O)cc32)nc(C(C)(C)F)n1. The monoisotopic (exact) mass is 468 g/mol. The summed E-state index contributed by atoms with van der Waals surface area (Å²) in [5.74, 6) is 1.60. The standard InChI is InChI=1S/C24H33FN8O/c1-8-16-11-20(29-22(28-16)23(3,4)25)33-18-12-19(27-15(2)34)26-13-17(18)21(30-33)32-10-9-24(5,14-32)31(6)7/h11-13H,8-10,14H2,1-7H3,(H,26,27,34)/t24-/m0/s1. The molecule has 4 heterocycles. The average Bonchev–Trinajstić information content (AvgIpc) is 3.34. The molecule has 1 amide bonds. The second kappa shape index (κ2) is 8.57. The van der Waals surface area contributed by atoms with Crippen LogP contribution in [-0.4, -0.2) is 68.3 Å². The summed E-state index contributed by atoms with van der Waals surface area (Å²) in [6.07, 6.45) is 3.36. The van der Waals surface area contributed by atoms with Gasteiger partial charge in [-0.05, 0) is 47.7 Å². The zero-order valence-electron chi connectivity index (χ0n) is 21.0. The fourth-order valence-electron chi connectivity index (χ4n) is 4.18. The van der Waals surface area contributed by atoms with Crippen LogP contribution in [-0.2, 0) is 16.9 Å². The molecule has 4 rings (SSSR count). The lowest BCUT2D eigenvalue weighted by Gasteiger charge is -2.32. The smallest absolute Gasteiger partial charge is 0.222 e. The number of nitrogens with zero attached hydrogens (tertiary/aromatic N) is 7. The molecular formula is C24H33FN8O. The predicted molar refractivity (Wildman–Crippen MR) is 131 cm³/mol. The predicted octanol–water partition coefficient (Wildman–Crippen LogP) is 3.47. The third-order valence-corrected chi connectivity index (χ3v) is 6.56. The van der Waals surface area contributed by atoms with Crippen LogP contribution in [0.5, 0.6) is 0 Å². The first-order chi connectivity index (χ1) is 15.9. The van der Waals surface area contributed by atoms with E-state index in [2.05, 4.69) is 51.1 Å². The summed E-state index contributed by atoms with van der Waals surface area (Å²) in [7, 11) is 4.18. The number of hydrogen-bond donors (Lipinski definition) is 1. The largest absolute Gasteiger partial charge is 0.353 e. The zero-order chi connectivity index (χ0) is 24.8. The minimum atomic E-state index is -1.70. The highest BCUT2D eigenvalue weighted by Gasteiger charge is 2.37. The Morgan fingerprint density at radius 3 is 2.62 bits per heavy atom. The summed E-state index contributed by atoms with van der Waals surface area (Å²) in [5.41, 5.74) is -0.212. The summed E-state index contributed by atoms with van der Waals surface area (Å²) >= 11 is 0. The quantitative estimate of drug-likeness (QED) is 0.592. The minimum absolute atomic E-state index is 0.0232. The van der Waals surface area contributed by atoms with Crippen molar-refractivity contribution in [3.63, 3.8) is 0 Å². The van der Waals surface area contributed by atoms with Crippen molar-refractivity contribution in [3.05, 3.63) is 29.8 Å². The van der Waals surface area contributed by atoms with Crippen molar-refractivity contribution in [2.24, 2.45) is 0 Å². The Balaban J connectivity index is 1.90. The highest BCUT2D eigenvalue weighted by atomic mass is 19.1. The second-order valence-electron chi connectivity index (χ2n) is 9.93. The number of amides is 1. The summed E-state index contributed by atoms with van der Waals surface area (Å²) < 4.78 is 16.5. The van der Waals surface area contributed by atoms with Gasteiger partial charge in [0.1, 0.15) is 5.82 Å². The Morgan fingerprint density at radius 1 is 1.29 bits per heavy atom. The topological polar surface area (TPSA) is 92.1 Å². The summed E-state index contributed by atoms with van der Waals surface area (Å²) in [6.45, 7) is 10.2. The van der Waals surface area contributed by atoms with Crippen LogP contribution in [0.15, 0.2) is 18.3 Å². The van der Waals surface area contributed by atoms with E-state index >= 15 is 0 Å². The van der Waals surface area contributed by atoms with E-state index in [0.717, 1.165) is 41.9 Å². The Bertz CT molecular complexity index is 1230. The summed E-state index contributed by atoms with van der Waals surface area (Å²) in [6, 6.07) is 3.61. The van der Waals surface area contributed by atoms with E-state index in [0.29, 0.717) is 18.1 Å². The minimum Gasteiger partial charge on any atom is -0.353 e. The highest BCUT2D eigenvalue weighted by molar-refractivity contribution is 5.95. The maximum atomic E-state index is 14.8. The van der Waals surface area contributed by atoms with Crippen molar-refractivity contribution in [2.75, 3.05) is 37.4 Å². The number of rotatable bonds is 6. The molecule has 0 unspecified atom stereocenters. The molecule has 182 valence electrons. The van der Waals surface area contributed by atoms with Gasteiger partial charge in [-0.15, -0.1) is 5.10 Å². The fraction of sp³-hybridized carbons (Fsp3) is 0.542. The molecule has 1 atom stereocenters. The van der Waals surface area contributed by atoms with E-state index in [4.69, 9.17) is 5.10 Å². The molecular weight excluding hydrogens is 435 g/mol. The molecule has 1 N–H and O–H groups in total. The van der Waals surface area contributed by atoms with E-state index in [1.54, 1.807) is 16.9 Å². The van der Waals surface area contributed by atoms with Gasteiger partial charge in [0.15, 0.2) is 23.1 Å². The second-order valence-corrected chi connectivity index (χ2v) is 9.93. The molecule has 0 radical (unpaired) electrons. The van der Waals surface area contributed by atoms with Gasteiger partial charge < -0.3 is 15.1 Å². The van der Waals surface area contributed by atoms with Gasteiger partial charge in [-0.2, -0.15) is 0 Å². The van der Waals surface area contributed by atoms with Gasteiger partial charge in [0.25, 0.3) is 0 Å². The lowest BCUT2D eigenvalue weighted by molar-refractivity contribution is -0.114. The average molecular weight is 469 g/mol. The number of anilines is 2. The molecule has 34 heavy (non-hydrogen) atoms. The van der Waals surface area contributed by atoms with Crippen LogP contribution in [0.25, 0.3) is 16.7 Å². The molecule has 0 aromatic carbocycles. The summed E-state index contributed by atoms with van der Waals surface area (Å²) in [5, 5.41) is 8.52. The number of fused-ring (bicyclic) bond motifs is 1. The molecule has 0 aliphatic carbocycles. The van der Waals surface area contributed by atoms with Crippen molar-refractivity contribution in [3.8, 4) is 5.82 Å². The maximum Gasteiger partial charge on any atom is 0.222 e. The first-order valence-corrected chi connectivity index (χ1v) is 11.6. The third kappa shape index (κ3) is 4.46. The van der Waals surface area contributed by atoms with Gasteiger partial charge >= 0.3 is 0 Å². The van der Waals surface area contributed by atoms with Crippen molar-refractivity contribution in [2.45, 2.75) is 58.7 Å². The fourth-order valence-corrected chi connectivity index (χ4v) is 4.18. The van der Waals surface area contributed by atoms with E-state index in [1.165, 1.54) is 20.8 Å². The van der Waals surface area contributed by atoms with Gasteiger partial charge in [0, 0.05) is 49.6 Å². The zero-order valence-corrected chi connectivity index (χ0v) is 21.0. The number of pyridine rings is 1. The van der Waals surface area contributed by atoms with Crippen LogP contribution in [0.4, 0.5) is 16.0 Å². The molecule has 0 spiro atoms. The normalized spacial score (nSPS) is 18.8. The van der Waals surface area contributed by atoms with Crippen molar-refractivity contribution in [1.29, 1.82) is 0 Å². The molecule has 1 aliphatic rings. The van der Waals surface area contributed by atoms with E-state index in [9.17, 15) is 9.18 Å². The Hall–Kier alpha value is -3.14. The molecule has 1 saturated heterocycles. The molecule has 9 nitrogen and oxygen atoms in total. The number of carbonyl (C=O) groups excluding carboxylic acids is 1.